The number of aryl methyl sites for hydroxylation is 1. The Morgan fingerprint density at radius 3 is 2.94 bits per heavy atom. The van der Waals surface area contributed by atoms with E-state index >= 15 is 0 Å². The van der Waals surface area contributed by atoms with E-state index in [-0.39, 0.29) is 18.6 Å². The Bertz CT molecular complexity index is 420. The first-order valence-corrected chi connectivity index (χ1v) is 5.87. The first-order chi connectivity index (χ1) is 8.13. The fourth-order valence-electron chi connectivity index (χ4n) is 2.29. The van der Waals surface area contributed by atoms with Gasteiger partial charge < -0.3 is 15.3 Å². The van der Waals surface area contributed by atoms with Crippen LogP contribution in [-0.2, 0) is 4.79 Å². The summed E-state index contributed by atoms with van der Waals surface area (Å²) in [5, 5.41) is 12.2. The summed E-state index contributed by atoms with van der Waals surface area (Å²) in [6.45, 7) is 4.52. The van der Waals surface area contributed by atoms with E-state index in [0.717, 1.165) is 11.3 Å². The molecule has 0 aliphatic carbocycles. The van der Waals surface area contributed by atoms with Crippen LogP contribution in [0.2, 0.25) is 0 Å². The second kappa shape index (κ2) is 4.75. The first-order valence-electron chi connectivity index (χ1n) is 5.87. The lowest BCUT2D eigenvalue weighted by Gasteiger charge is -2.41. The normalized spacial score (nSPS) is 24.6. The van der Waals surface area contributed by atoms with Gasteiger partial charge in [-0.25, -0.2) is 0 Å². The van der Waals surface area contributed by atoms with E-state index in [9.17, 15) is 9.90 Å². The number of nitrogens with one attached hydrogen (secondary N) is 1. The Labute approximate surface area is 101 Å². The summed E-state index contributed by atoms with van der Waals surface area (Å²) in [6.07, 6.45) is 0. The molecule has 0 spiro atoms. The van der Waals surface area contributed by atoms with Crippen LogP contribution in [0.5, 0.6) is 0 Å². The summed E-state index contributed by atoms with van der Waals surface area (Å²) in [5.41, 5.74) is 2.14. The molecule has 1 aromatic rings. The molecule has 4 heteroatoms. The lowest BCUT2D eigenvalue weighted by molar-refractivity contribution is -0.124. The molecule has 2 atom stereocenters. The summed E-state index contributed by atoms with van der Waals surface area (Å²) >= 11 is 0. The maximum atomic E-state index is 11.7. The Balaban J connectivity index is 2.35. The molecule has 92 valence electrons. The molecule has 0 saturated carbocycles. The number of nitrogens with zero attached hydrogens (tertiary/aromatic N) is 1. The van der Waals surface area contributed by atoms with Gasteiger partial charge in [-0.1, -0.05) is 12.1 Å². The van der Waals surface area contributed by atoms with Crippen molar-refractivity contribution in [3.8, 4) is 0 Å². The summed E-state index contributed by atoms with van der Waals surface area (Å²) in [5.74, 6) is -0.105. The van der Waals surface area contributed by atoms with Crippen molar-refractivity contribution in [2.75, 3.05) is 18.1 Å². The molecular weight excluding hydrogens is 216 g/mol. The van der Waals surface area contributed by atoms with Gasteiger partial charge in [0.25, 0.3) is 0 Å². The molecule has 1 saturated heterocycles. The molecule has 1 amide bonds. The largest absolute Gasteiger partial charge is 0.394 e. The van der Waals surface area contributed by atoms with Crippen molar-refractivity contribution in [1.82, 2.24) is 5.32 Å². The summed E-state index contributed by atoms with van der Waals surface area (Å²) in [6, 6.07) is 7.71. The number of hydrogen-bond donors (Lipinski definition) is 2. The van der Waals surface area contributed by atoms with Crippen molar-refractivity contribution in [3.05, 3.63) is 29.8 Å². The van der Waals surface area contributed by atoms with E-state index < -0.39 is 6.04 Å². The minimum Gasteiger partial charge on any atom is -0.394 e. The van der Waals surface area contributed by atoms with Gasteiger partial charge in [-0.3, -0.25) is 4.79 Å². The van der Waals surface area contributed by atoms with Crippen molar-refractivity contribution in [1.29, 1.82) is 0 Å². The second-order valence-electron chi connectivity index (χ2n) is 4.54. The topological polar surface area (TPSA) is 52.6 Å². The lowest BCUT2D eigenvalue weighted by atomic mass is 10.1. The molecule has 1 heterocycles. The number of carbonyl (C=O) groups excluding carboxylic acids is 1. The number of amides is 1. The van der Waals surface area contributed by atoms with Gasteiger partial charge in [0.05, 0.1) is 6.61 Å². The third kappa shape index (κ3) is 2.26. The fraction of sp³-hybridized carbons (Fsp3) is 0.462. The third-order valence-corrected chi connectivity index (χ3v) is 3.16. The van der Waals surface area contributed by atoms with E-state index in [1.54, 1.807) is 0 Å². The van der Waals surface area contributed by atoms with Crippen molar-refractivity contribution in [2.45, 2.75) is 25.9 Å². The van der Waals surface area contributed by atoms with Crippen LogP contribution in [0.25, 0.3) is 0 Å². The van der Waals surface area contributed by atoms with Crippen LogP contribution in [0, 0.1) is 6.92 Å². The number of benzene rings is 1. The molecule has 17 heavy (non-hydrogen) atoms. The highest BCUT2D eigenvalue weighted by Crippen LogP contribution is 2.23. The average molecular weight is 234 g/mol. The van der Waals surface area contributed by atoms with E-state index in [1.807, 2.05) is 43.0 Å². The molecule has 0 radical (unpaired) electrons. The van der Waals surface area contributed by atoms with Crippen LogP contribution >= 0.6 is 0 Å². The van der Waals surface area contributed by atoms with Crippen LogP contribution in [-0.4, -0.2) is 36.2 Å². The van der Waals surface area contributed by atoms with Gasteiger partial charge in [-0.05, 0) is 31.5 Å². The average Bonchev–Trinajstić information content (AvgIpc) is 2.31. The molecule has 0 aromatic heterocycles. The van der Waals surface area contributed by atoms with E-state index in [1.165, 1.54) is 0 Å². The number of aliphatic hydroxyl groups is 1. The predicted octanol–water partition coefficient (Wildman–Crippen LogP) is 0.681. The quantitative estimate of drug-likeness (QED) is 0.791. The maximum absolute atomic E-state index is 11.7. The van der Waals surface area contributed by atoms with E-state index in [0.29, 0.717) is 6.54 Å². The van der Waals surface area contributed by atoms with Gasteiger partial charge in [0.1, 0.15) is 6.04 Å². The molecule has 2 unspecified atom stereocenters. The number of hydrogen-bond acceptors (Lipinski definition) is 3. The zero-order valence-corrected chi connectivity index (χ0v) is 10.2. The number of piperazine rings is 1. The van der Waals surface area contributed by atoms with Gasteiger partial charge in [0.15, 0.2) is 0 Å². The van der Waals surface area contributed by atoms with E-state index in [4.69, 9.17) is 0 Å². The molecule has 1 fully saturated rings. The fourth-order valence-corrected chi connectivity index (χ4v) is 2.29. The number of anilines is 1. The zero-order chi connectivity index (χ0) is 12.4. The Morgan fingerprint density at radius 2 is 2.29 bits per heavy atom. The monoisotopic (exact) mass is 234 g/mol. The molecule has 1 aromatic carbocycles. The minimum absolute atomic E-state index is 0.105. The Kier molecular flexibility index (Phi) is 3.33. The summed E-state index contributed by atoms with van der Waals surface area (Å²) < 4.78 is 0. The van der Waals surface area contributed by atoms with Gasteiger partial charge in [-0.2, -0.15) is 0 Å². The molecule has 1 aliphatic rings. The van der Waals surface area contributed by atoms with Gasteiger partial charge >= 0.3 is 0 Å². The highest BCUT2D eigenvalue weighted by molar-refractivity contribution is 5.87. The second-order valence-corrected chi connectivity index (χ2v) is 4.54. The number of aliphatic hydroxyl groups excluding tert-OH is 1. The van der Waals surface area contributed by atoms with E-state index in [2.05, 4.69) is 5.32 Å². The zero-order valence-electron chi connectivity index (χ0n) is 10.2. The number of carbonyl (C=O) groups is 1. The smallest absolute Gasteiger partial charge is 0.245 e. The highest BCUT2D eigenvalue weighted by Gasteiger charge is 2.33. The van der Waals surface area contributed by atoms with Crippen LogP contribution in [0.4, 0.5) is 5.69 Å². The van der Waals surface area contributed by atoms with Crippen LogP contribution in [0.1, 0.15) is 12.5 Å². The van der Waals surface area contributed by atoms with Crippen molar-refractivity contribution in [3.63, 3.8) is 0 Å². The molecule has 2 N–H and O–H groups in total. The molecule has 0 bridgehead atoms. The van der Waals surface area contributed by atoms with Crippen LogP contribution in [0.15, 0.2) is 24.3 Å². The molecule has 2 rings (SSSR count). The minimum atomic E-state index is -0.486. The van der Waals surface area contributed by atoms with Crippen LogP contribution in [0.3, 0.4) is 0 Å². The van der Waals surface area contributed by atoms with Crippen LogP contribution < -0.4 is 10.2 Å². The summed E-state index contributed by atoms with van der Waals surface area (Å²) in [4.78, 5) is 13.7. The molecule has 1 aliphatic heterocycles. The first kappa shape index (κ1) is 11.9. The highest BCUT2D eigenvalue weighted by atomic mass is 16.3. The SMILES string of the molecule is Cc1cccc(N2C(C)CNC(=O)C2CO)c1. The lowest BCUT2D eigenvalue weighted by Crippen LogP contribution is -2.61. The Hall–Kier alpha value is -1.55. The van der Waals surface area contributed by atoms with Gasteiger partial charge in [0.2, 0.25) is 5.91 Å². The Morgan fingerprint density at radius 1 is 1.53 bits per heavy atom. The van der Waals surface area contributed by atoms with Gasteiger partial charge in [-0.15, -0.1) is 0 Å². The third-order valence-electron chi connectivity index (χ3n) is 3.16. The number of rotatable bonds is 2. The molecule has 4 nitrogen and oxygen atoms in total. The molecular formula is C13H18N2O2. The van der Waals surface area contributed by atoms with Crippen molar-refractivity contribution < 1.29 is 9.90 Å². The summed E-state index contributed by atoms with van der Waals surface area (Å²) in [7, 11) is 0. The van der Waals surface area contributed by atoms with Crippen molar-refractivity contribution >= 4 is 11.6 Å². The van der Waals surface area contributed by atoms with Gasteiger partial charge in [0, 0.05) is 18.3 Å². The maximum Gasteiger partial charge on any atom is 0.245 e. The van der Waals surface area contributed by atoms with Crippen molar-refractivity contribution in [2.24, 2.45) is 0 Å². The predicted molar refractivity (Wildman–Crippen MR) is 67.0 cm³/mol. The standard InChI is InChI=1S/C13H18N2O2/c1-9-4-3-5-11(6-9)15-10(2)7-14-13(17)12(15)8-16/h3-6,10,12,16H,7-8H2,1-2H3,(H,14,17).